The quantitative estimate of drug-likeness (QED) is 0.478. The maximum Gasteiger partial charge on any atom is 0.416 e. The van der Waals surface area contributed by atoms with E-state index in [9.17, 15) is 23.3 Å². The van der Waals surface area contributed by atoms with Gasteiger partial charge in [0.15, 0.2) is 5.82 Å². The van der Waals surface area contributed by atoms with Crippen LogP contribution >= 0.6 is 11.6 Å². The molecule has 1 aromatic heterocycles. The standard InChI is InChI=1S/C15H9ClF3N5O3/c16-12-7-11(24(25)26)5-6-13(12)27-8-14-20-21-22-23(14)10-3-1-9(2-4-10)15(17,18)19/h1-7H,8H2. The molecule has 3 rings (SSSR count). The molecule has 12 heteroatoms. The summed E-state index contributed by atoms with van der Waals surface area (Å²) in [7, 11) is 0. The summed E-state index contributed by atoms with van der Waals surface area (Å²) < 4.78 is 44.6. The van der Waals surface area contributed by atoms with E-state index in [1.54, 1.807) is 0 Å². The predicted molar refractivity (Wildman–Crippen MR) is 86.6 cm³/mol. The Morgan fingerprint density at radius 1 is 1.19 bits per heavy atom. The van der Waals surface area contributed by atoms with Crippen molar-refractivity contribution in [1.29, 1.82) is 0 Å². The van der Waals surface area contributed by atoms with Gasteiger partial charge in [-0.3, -0.25) is 10.1 Å². The van der Waals surface area contributed by atoms with E-state index in [1.807, 2.05) is 0 Å². The molecule has 0 amide bonds. The number of alkyl halides is 3. The molecule has 0 fully saturated rings. The lowest BCUT2D eigenvalue weighted by molar-refractivity contribution is -0.384. The van der Waals surface area contributed by atoms with Gasteiger partial charge in [-0.05, 0) is 40.8 Å². The van der Waals surface area contributed by atoms with Gasteiger partial charge in [0.05, 0.1) is 21.2 Å². The number of hydrogen-bond acceptors (Lipinski definition) is 6. The van der Waals surface area contributed by atoms with Gasteiger partial charge in [0.1, 0.15) is 12.4 Å². The van der Waals surface area contributed by atoms with Gasteiger partial charge in [-0.15, -0.1) is 5.10 Å². The van der Waals surface area contributed by atoms with Crippen LogP contribution in [0.3, 0.4) is 0 Å². The van der Waals surface area contributed by atoms with Gasteiger partial charge < -0.3 is 4.74 Å². The summed E-state index contributed by atoms with van der Waals surface area (Å²) in [5.41, 5.74) is -0.682. The second-order valence-electron chi connectivity index (χ2n) is 5.21. The van der Waals surface area contributed by atoms with Gasteiger partial charge in [0, 0.05) is 12.1 Å². The number of non-ortho nitro benzene ring substituents is 1. The summed E-state index contributed by atoms with van der Waals surface area (Å²) in [4.78, 5) is 10.1. The van der Waals surface area contributed by atoms with Crippen LogP contribution in [0, 0.1) is 10.1 Å². The number of nitrogens with zero attached hydrogens (tertiary/aromatic N) is 5. The van der Waals surface area contributed by atoms with Crippen molar-refractivity contribution in [3.63, 3.8) is 0 Å². The number of nitro benzene ring substituents is 1. The summed E-state index contributed by atoms with van der Waals surface area (Å²) in [6, 6.07) is 7.95. The van der Waals surface area contributed by atoms with Crippen molar-refractivity contribution in [2.45, 2.75) is 12.8 Å². The second kappa shape index (κ2) is 7.19. The highest BCUT2D eigenvalue weighted by atomic mass is 35.5. The molecular weight excluding hydrogens is 391 g/mol. The van der Waals surface area contributed by atoms with Crippen molar-refractivity contribution in [3.8, 4) is 11.4 Å². The van der Waals surface area contributed by atoms with E-state index in [4.69, 9.17) is 16.3 Å². The minimum absolute atomic E-state index is 0.0257. The third-order valence-corrected chi connectivity index (χ3v) is 3.75. The van der Waals surface area contributed by atoms with Crippen LogP contribution in [0.25, 0.3) is 5.69 Å². The number of benzene rings is 2. The number of aromatic nitrogens is 4. The van der Waals surface area contributed by atoms with E-state index in [1.165, 1.54) is 28.9 Å². The van der Waals surface area contributed by atoms with Crippen molar-refractivity contribution in [3.05, 3.63) is 69.0 Å². The molecule has 3 aromatic rings. The predicted octanol–water partition coefficient (Wildman–Crippen LogP) is 3.82. The van der Waals surface area contributed by atoms with E-state index in [0.717, 1.165) is 18.2 Å². The number of halogens is 4. The van der Waals surface area contributed by atoms with Gasteiger partial charge in [-0.1, -0.05) is 11.6 Å². The third-order valence-electron chi connectivity index (χ3n) is 3.46. The summed E-state index contributed by atoms with van der Waals surface area (Å²) in [6.45, 7) is -0.161. The Bertz CT molecular complexity index is 976. The van der Waals surface area contributed by atoms with Gasteiger partial charge in [0.25, 0.3) is 5.69 Å². The molecule has 0 aliphatic rings. The summed E-state index contributed by atoms with van der Waals surface area (Å²) in [6.07, 6.45) is -4.45. The largest absolute Gasteiger partial charge is 0.484 e. The van der Waals surface area contributed by atoms with Crippen molar-refractivity contribution in [2.75, 3.05) is 0 Å². The lowest BCUT2D eigenvalue weighted by atomic mass is 10.2. The fraction of sp³-hybridized carbons (Fsp3) is 0.133. The molecule has 0 atom stereocenters. The molecule has 27 heavy (non-hydrogen) atoms. The highest BCUT2D eigenvalue weighted by Gasteiger charge is 2.30. The summed E-state index contributed by atoms with van der Waals surface area (Å²) in [5, 5.41) is 21.7. The number of nitro groups is 1. The number of rotatable bonds is 5. The molecule has 0 aliphatic carbocycles. The zero-order chi connectivity index (χ0) is 19.6. The van der Waals surface area contributed by atoms with Crippen molar-refractivity contribution < 1.29 is 22.8 Å². The van der Waals surface area contributed by atoms with Crippen LogP contribution in [-0.2, 0) is 12.8 Å². The van der Waals surface area contributed by atoms with Crippen LogP contribution < -0.4 is 4.74 Å². The SMILES string of the molecule is O=[N+]([O-])c1ccc(OCc2nnnn2-c2ccc(C(F)(F)F)cc2)c(Cl)c1. The van der Waals surface area contributed by atoms with E-state index in [2.05, 4.69) is 15.5 Å². The third kappa shape index (κ3) is 4.14. The molecule has 0 bridgehead atoms. The molecular formula is C15H9ClF3N5O3. The first kappa shape index (κ1) is 18.6. The average molecular weight is 400 g/mol. The van der Waals surface area contributed by atoms with E-state index >= 15 is 0 Å². The summed E-state index contributed by atoms with van der Waals surface area (Å²) >= 11 is 5.94. The van der Waals surface area contributed by atoms with Crippen LogP contribution in [0.2, 0.25) is 5.02 Å². The first-order valence-corrected chi connectivity index (χ1v) is 7.65. The van der Waals surface area contributed by atoms with Crippen LogP contribution in [0.1, 0.15) is 11.4 Å². The molecule has 0 radical (unpaired) electrons. The monoisotopic (exact) mass is 399 g/mol. The lowest BCUT2D eigenvalue weighted by Crippen LogP contribution is -2.09. The smallest absolute Gasteiger partial charge is 0.416 e. The maximum atomic E-state index is 12.6. The van der Waals surface area contributed by atoms with Crippen molar-refractivity contribution in [2.24, 2.45) is 0 Å². The van der Waals surface area contributed by atoms with E-state index in [-0.39, 0.29) is 28.9 Å². The van der Waals surface area contributed by atoms with Gasteiger partial charge in [-0.25, -0.2) is 0 Å². The van der Waals surface area contributed by atoms with Crippen LogP contribution in [0.4, 0.5) is 18.9 Å². The molecule has 1 heterocycles. The number of ether oxygens (including phenoxy) is 1. The summed E-state index contributed by atoms with van der Waals surface area (Å²) in [5.74, 6) is 0.369. The van der Waals surface area contributed by atoms with E-state index in [0.29, 0.717) is 5.69 Å². The molecule has 0 unspecified atom stereocenters. The van der Waals surface area contributed by atoms with Gasteiger partial charge >= 0.3 is 6.18 Å². The Balaban J connectivity index is 1.77. The maximum absolute atomic E-state index is 12.6. The topological polar surface area (TPSA) is 96.0 Å². The Morgan fingerprint density at radius 3 is 2.48 bits per heavy atom. The molecule has 8 nitrogen and oxygen atoms in total. The zero-order valence-corrected chi connectivity index (χ0v) is 14.0. The van der Waals surface area contributed by atoms with Crippen LogP contribution in [0.15, 0.2) is 42.5 Å². The Morgan fingerprint density at radius 2 is 1.89 bits per heavy atom. The van der Waals surface area contributed by atoms with Crippen LogP contribution in [0.5, 0.6) is 5.75 Å². The average Bonchev–Trinajstić information content (AvgIpc) is 3.08. The fourth-order valence-corrected chi connectivity index (χ4v) is 2.38. The molecule has 0 saturated heterocycles. The van der Waals surface area contributed by atoms with Gasteiger partial charge in [-0.2, -0.15) is 17.9 Å². The van der Waals surface area contributed by atoms with Gasteiger partial charge in [0.2, 0.25) is 0 Å². The Kier molecular flexibility index (Phi) is 4.95. The normalized spacial score (nSPS) is 11.4. The first-order valence-electron chi connectivity index (χ1n) is 7.27. The molecule has 0 saturated carbocycles. The molecule has 2 aromatic carbocycles. The Labute approximate surface area is 154 Å². The molecule has 140 valence electrons. The molecule has 0 aliphatic heterocycles. The molecule has 0 N–H and O–H groups in total. The highest BCUT2D eigenvalue weighted by Crippen LogP contribution is 2.30. The van der Waals surface area contributed by atoms with Crippen molar-refractivity contribution in [1.82, 2.24) is 20.2 Å². The number of tetrazole rings is 1. The lowest BCUT2D eigenvalue weighted by Gasteiger charge is -2.10. The zero-order valence-electron chi connectivity index (χ0n) is 13.2. The van der Waals surface area contributed by atoms with Crippen LogP contribution in [-0.4, -0.2) is 25.1 Å². The van der Waals surface area contributed by atoms with Crippen molar-refractivity contribution >= 4 is 17.3 Å². The number of hydrogen-bond donors (Lipinski definition) is 0. The Hall–Kier alpha value is -3.21. The van der Waals surface area contributed by atoms with E-state index < -0.39 is 16.7 Å². The highest BCUT2D eigenvalue weighted by molar-refractivity contribution is 6.32. The second-order valence-corrected chi connectivity index (χ2v) is 5.62. The molecule has 0 spiro atoms. The first-order chi connectivity index (χ1) is 12.8. The minimum atomic E-state index is -4.45. The minimum Gasteiger partial charge on any atom is -0.484 e. The fourth-order valence-electron chi connectivity index (χ4n) is 2.15.